The maximum absolute atomic E-state index is 10.6. The van der Waals surface area contributed by atoms with Gasteiger partial charge in [-0.1, -0.05) is 18.2 Å². The summed E-state index contributed by atoms with van der Waals surface area (Å²) in [6.45, 7) is 5.00. The van der Waals surface area contributed by atoms with Crippen molar-refractivity contribution in [2.45, 2.75) is 38.7 Å². The number of pyridine rings is 1. The number of aliphatic hydroxyl groups is 1. The van der Waals surface area contributed by atoms with E-state index in [-0.39, 0.29) is 38.6 Å². The first-order valence-corrected chi connectivity index (χ1v) is 9.93. The largest absolute Gasteiger partial charge is 0.755 e. The van der Waals surface area contributed by atoms with Crippen molar-refractivity contribution in [3.8, 4) is 0 Å². The topological polar surface area (TPSA) is 85.3 Å². The first-order valence-electron chi connectivity index (χ1n) is 8.85. The summed E-state index contributed by atoms with van der Waals surface area (Å²) in [5, 5.41) is 10.5. The number of benzene rings is 1. The van der Waals surface area contributed by atoms with Gasteiger partial charge < -0.3 is 21.3 Å². The van der Waals surface area contributed by atoms with E-state index in [2.05, 4.69) is 16.6 Å². The molecule has 0 spiro atoms. The first-order chi connectivity index (χ1) is 12.6. The molecule has 3 rings (SSSR count). The Morgan fingerprint density at radius 2 is 2.00 bits per heavy atom. The van der Waals surface area contributed by atoms with Crippen LogP contribution in [0.1, 0.15) is 43.4 Å². The maximum Gasteiger partial charge on any atom is 0.0833 e. The molecule has 1 heterocycles. The smallest absolute Gasteiger partial charge is 0.0833 e. The summed E-state index contributed by atoms with van der Waals surface area (Å²) in [5.74, 6) is 0.830. The summed E-state index contributed by atoms with van der Waals surface area (Å²) in [6.07, 6.45) is 7.10. The van der Waals surface area contributed by atoms with E-state index in [0.29, 0.717) is 11.6 Å². The fraction of sp³-hybridized carbons (Fsp3) is 0.400. The van der Waals surface area contributed by atoms with Gasteiger partial charge in [-0.25, -0.2) is 0 Å². The van der Waals surface area contributed by atoms with Crippen LogP contribution in [0.4, 0.5) is 5.69 Å². The third-order valence-electron chi connectivity index (χ3n) is 4.73. The van der Waals surface area contributed by atoms with E-state index in [1.807, 2.05) is 24.3 Å². The molecular formula is C20H26N2O3SY-2. The van der Waals surface area contributed by atoms with E-state index >= 15 is 0 Å². The van der Waals surface area contributed by atoms with Gasteiger partial charge in [-0.2, -0.15) is 6.92 Å². The minimum atomic E-state index is -2.29. The molecule has 1 radical (unpaired) electrons. The van der Waals surface area contributed by atoms with Gasteiger partial charge in [-0.15, -0.1) is 0 Å². The molecule has 2 aromatic rings. The summed E-state index contributed by atoms with van der Waals surface area (Å²) in [6, 6.07) is 11.3. The Balaban J connectivity index is 0.00000118. The molecule has 0 aliphatic heterocycles. The van der Waals surface area contributed by atoms with E-state index in [4.69, 9.17) is 0 Å². The van der Waals surface area contributed by atoms with Crippen molar-refractivity contribution >= 4 is 17.0 Å². The normalized spacial score (nSPS) is 20.6. The Morgan fingerprint density at radius 1 is 1.30 bits per heavy atom. The summed E-state index contributed by atoms with van der Waals surface area (Å²) in [7, 11) is 0. The van der Waals surface area contributed by atoms with Crippen molar-refractivity contribution in [3.05, 3.63) is 66.8 Å². The van der Waals surface area contributed by atoms with Crippen molar-refractivity contribution in [2.24, 2.45) is 11.8 Å². The van der Waals surface area contributed by atoms with Crippen LogP contribution in [0.25, 0.3) is 0 Å². The predicted molar refractivity (Wildman–Crippen MR) is 104 cm³/mol. The third kappa shape index (κ3) is 7.70. The molecule has 1 aromatic heterocycles. The number of aliphatic hydroxyl groups excluding tert-OH is 1. The van der Waals surface area contributed by atoms with E-state index in [9.17, 15) is 13.9 Å². The number of hydrogen-bond acceptors (Lipinski definition) is 4. The number of anilines is 1. The number of hydrogen-bond donors (Lipinski definition) is 2. The second kappa shape index (κ2) is 12.7. The minimum Gasteiger partial charge on any atom is -0.755 e. The molecule has 1 aromatic carbocycles. The molecule has 1 fully saturated rings. The summed E-state index contributed by atoms with van der Waals surface area (Å²) >= 11 is -2.29. The van der Waals surface area contributed by atoms with Gasteiger partial charge in [0, 0.05) is 62.1 Å². The minimum absolute atomic E-state index is 0. The average Bonchev–Trinajstić information content (AvgIpc) is 3.13. The summed E-state index contributed by atoms with van der Waals surface area (Å²) in [5.41, 5.74) is 2.66. The molecular weight excluding hydrogens is 437 g/mol. The van der Waals surface area contributed by atoms with Crippen LogP contribution in [0.3, 0.4) is 0 Å². The molecule has 2 unspecified atom stereocenters. The second-order valence-corrected chi connectivity index (χ2v) is 7.08. The van der Waals surface area contributed by atoms with E-state index in [0.717, 1.165) is 31.2 Å². The molecule has 0 bridgehead atoms. The van der Waals surface area contributed by atoms with Crippen LogP contribution < -0.4 is 4.72 Å². The average molecular weight is 463 g/mol. The first kappa shape index (κ1) is 24.4. The van der Waals surface area contributed by atoms with Crippen molar-refractivity contribution < 1.29 is 46.6 Å². The Labute approximate surface area is 189 Å². The van der Waals surface area contributed by atoms with Gasteiger partial charge in [-0.3, -0.25) is 9.19 Å². The number of nitrogens with zero attached hydrogens (tertiary/aromatic N) is 1. The van der Waals surface area contributed by atoms with Gasteiger partial charge in [0.15, 0.2) is 0 Å². The van der Waals surface area contributed by atoms with Crippen LogP contribution in [-0.2, 0) is 50.4 Å². The molecule has 5 nitrogen and oxygen atoms in total. The Morgan fingerprint density at radius 3 is 2.59 bits per heavy atom. The zero-order chi connectivity index (χ0) is 18.9. The van der Waals surface area contributed by atoms with Crippen molar-refractivity contribution in [3.63, 3.8) is 0 Å². The number of nitrogens with one attached hydrogen (secondary N) is 1. The molecule has 1 aliphatic rings. The quantitative estimate of drug-likeness (QED) is 0.504. The van der Waals surface area contributed by atoms with Crippen LogP contribution >= 0.6 is 0 Å². The fourth-order valence-corrected chi connectivity index (χ4v) is 3.88. The van der Waals surface area contributed by atoms with Gasteiger partial charge in [0.25, 0.3) is 0 Å². The standard InChI is InChI=1S/C18H22N2O3S.C2H5.Y/c21-18(16-2-1-9-19-12-16)15-6-3-14(11-15)10-13-4-7-17(8-5-13)20-24(22)23;1-2;/h1-2,4-5,7-9,12,14-15,18,20-21H,3,6,10-11H2,(H,22,23);1H2,2H3;/q;-1;/p-1/t14?,15-,18-;;/m0../s1. The zero-order valence-electron chi connectivity index (χ0n) is 15.6. The molecule has 1 aliphatic carbocycles. The van der Waals surface area contributed by atoms with Gasteiger partial charge in [0.2, 0.25) is 0 Å². The van der Waals surface area contributed by atoms with Crippen molar-refractivity contribution in [2.75, 3.05) is 4.72 Å². The predicted octanol–water partition coefficient (Wildman–Crippen LogP) is 3.82. The molecule has 27 heavy (non-hydrogen) atoms. The van der Waals surface area contributed by atoms with Crippen LogP contribution in [0, 0.1) is 18.8 Å². The summed E-state index contributed by atoms with van der Waals surface area (Å²) in [4.78, 5) is 4.08. The second-order valence-electron chi connectivity index (χ2n) is 6.41. The SMILES string of the molecule is O=S([O-])Nc1ccc(CC2CC[C@H]([C@H](O)c3cccnc3)C2)cc1.[CH2-]C.[Y]. The van der Waals surface area contributed by atoms with Crippen LogP contribution in [0.2, 0.25) is 0 Å². The molecule has 0 saturated heterocycles. The zero-order valence-corrected chi connectivity index (χ0v) is 19.2. The van der Waals surface area contributed by atoms with Crippen molar-refractivity contribution in [1.29, 1.82) is 0 Å². The Bertz CT molecular complexity index is 685. The third-order valence-corrected chi connectivity index (χ3v) is 5.14. The summed E-state index contributed by atoms with van der Waals surface area (Å²) < 4.78 is 23.6. The molecule has 0 amide bonds. The van der Waals surface area contributed by atoms with Gasteiger partial charge in [0.1, 0.15) is 0 Å². The van der Waals surface area contributed by atoms with Crippen LogP contribution in [0.5, 0.6) is 0 Å². The van der Waals surface area contributed by atoms with Gasteiger partial charge in [-0.05, 0) is 66.8 Å². The molecule has 7 heteroatoms. The van der Waals surface area contributed by atoms with Crippen LogP contribution in [0.15, 0.2) is 48.8 Å². The maximum atomic E-state index is 10.6. The molecule has 145 valence electrons. The van der Waals surface area contributed by atoms with E-state index in [1.165, 1.54) is 5.56 Å². The van der Waals surface area contributed by atoms with E-state index in [1.54, 1.807) is 31.5 Å². The monoisotopic (exact) mass is 463 g/mol. The van der Waals surface area contributed by atoms with Crippen molar-refractivity contribution in [1.82, 2.24) is 4.98 Å². The Hall–Kier alpha value is -0.656. The Kier molecular flexibility index (Phi) is 11.5. The van der Waals surface area contributed by atoms with E-state index < -0.39 is 17.4 Å². The molecule has 1 saturated carbocycles. The number of rotatable bonds is 6. The van der Waals surface area contributed by atoms with Crippen LogP contribution in [-0.4, -0.2) is 18.9 Å². The molecule has 4 atom stereocenters. The molecule has 2 N–H and O–H groups in total. The fourth-order valence-electron chi connectivity index (χ4n) is 3.55. The number of aromatic nitrogens is 1. The van der Waals surface area contributed by atoms with Gasteiger partial charge in [0.05, 0.1) is 6.10 Å². The van der Waals surface area contributed by atoms with Gasteiger partial charge >= 0.3 is 0 Å².